The molecule has 1 spiro atoms. The van der Waals surface area contributed by atoms with Crippen molar-refractivity contribution in [3.05, 3.63) is 35.4 Å². The lowest BCUT2D eigenvalue weighted by atomic mass is 9.73. The highest BCUT2D eigenvalue weighted by molar-refractivity contribution is 5.77. The number of benzene rings is 1. The third kappa shape index (κ3) is 3.19. The molecule has 4 nitrogen and oxygen atoms in total. The molecule has 2 aliphatic rings. The molecule has 1 heterocycles. The molecular formula is C20H28N2O2. The normalized spacial score (nSPS) is 21.8. The van der Waals surface area contributed by atoms with Crippen LogP contribution in [0.5, 0.6) is 0 Å². The first kappa shape index (κ1) is 17.0. The number of hydrogen-bond donors (Lipinski definition) is 1. The van der Waals surface area contributed by atoms with E-state index in [0.29, 0.717) is 12.3 Å². The van der Waals surface area contributed by atoms with Crippen molar-refractivity contribution in [2.75, 3.05) is 13.1 Å². The fraction of sp³-hybridized carbons (Fsp3) is 0.600. The minimum Gasteiger partial charge on any atom is -0.354 e. The van der Waals surface area contributed by atoms with E-state index in [-0.39, 0.29) is 23.3 Å². The molecule has 0 radical (unpaired) electrons. The van der Waals surface area contributed by atoms with Crippen molar-refractivity contribution < 1.29 is 9.59 Å². The van der Waals surface area contributed by atoms with E-state index in [9.17, 15) is 9.59 Å². The Bertz CT molecular complexity index is 630. The lowest BCUT2D eigenvalue weighted by Crippen LogP contribution is -2.43. The van der Waals surface area contributed by atoms with Crippen LogP contribution in [-0.4, -0.2) is 35.8 Å². The van der Waals surface area contributed by atoms with Gasteiger partial charge in [0.05, 0.1) is 0 Å². The predicted molar refractivity (Wildman–Crippen MR) is 94.9 cm³/mol. The molecule has 0 bridgehead atoms. The highest BCUT2D eigenvalue weighted by Crippen LogP contribution is 2.52. The van der Waals surface area contributed by atoms with Crippen LogP contribution in [0.4, 0.5) is 0 Å². The first-order chi connectivity index (χ1) is 11.4. The van der Waals surface area contributed by atoms with Gasteiger partial charge in [0.25, 0.3) is 0 Å². The highest BCUT2D eigenvalue weighted by atomic mass is 16.2. The standard InChI is InChI=1S/C20H28N2O2/c1-14(2)21-19(24)12-16-13-20(18-7-5-4-6-17(16)18)8-10-22(11-9-20)15(3)23/h4-7,14,16H,8-13H2,1-3H3,(H,21,24). The van der Waals surface area contributed by atoms with E-state index in [2.05, 4.69) is 29.6 Å². The molecule has 1 saturated heterocycles. The Morgan fingerprint density at radius 2 is 1.92 bits per heavy atom. The van der Waals surface area contributed by atoms with Crippen LogP contribution in [0.1, 0.15) is 63.5 Å². The van der Waals surface area contributed by atoms with Gasteiger partial charge in [-0.2, -0.15) is 0 Å². The van der Waals surface area contributed by atoms with Gasteiger partial charge in [-0.1, -0.05) is 24.3 Å². The molecule has 24 heavy (non-hydrogen) atoms. The van der Waals surface area contributed by atoms with Crippen molar-refractivity contribution in [1.82, 2.24) is 10.2 Å². The molecule has 1 fully saturated rings. The van der Waals surface area contributed by atoms with Gasteiger partial charge in [-0.15, -0.1) is 0 Å². The number of rotatable bonds is 3. The molecule has 1 unspecified atom stereocenters. The van der Waals surface area contributed by atoms with Gasteiger partial charge in [-0.3, -0.25) is 9.59 Å². The van der Waals surface area contributed by atoms with Gasteiger partial charge in [0.2, 0.25) is 11.8 Å². The van der Waals surface area contributed by atoms with Crippen LogP contribution in [-0.2, 0) is 15.0 Å². The van der Waals surface area contributed by atoms with E-state index in [0.717, 1.165) is 32.4 Å². The monoisotopic (exact) mass is 328 g/mol. The predicted octanol–water partition coefficient (Wildman–Crippen LogP) is 2.97. The number of nitrogens with zero attached hydrogens (tertiary/aromatic N) is 1. The average molecular weight is 328 g/mol. The van der Waals surface area contributed by atoms with Gasteiger partial charge >= 0.3 is 0 Å². The molecule has 1 aromatic carbocycles. The quantitative estimate of drug-likeness (QED) is 0.927. The molecular weight excluding hydrogens is 300 g/mol. The largest absolute Gasteiger partial charge is 0.354 e. The minimum atomic E-state index is 0.142. The SMILES string of the molecule is CC(=O)N1CCC2(CC1)CC(CC(=O)NC(C)C)c1ccccc12. The number of carbonyl (C=O) groups is 2. The summed E-state index contributed by atoms with van der Waals surface area (Å²) in [6, 6.07) is 8.79. The number of likely N-dealkylation sites (tertiary alicyclic amines) is 1. The summed E-state index contributed by atoms with van der Waals surface area (Å²) < 4.78 is 0. The Kier molecular flexibility index (Phi) is 4.66. The van der Waals surface area contributed by atoms with Crippen molar-refractivity contribution in [3.63, 3.8) is 0 Å². The Morgan fingerprint density at radius 3 is 2.54 bits per heavy atom. The smallest absolute Gasteiger partial charge is 0.220 e. The summed E-state index contributed by atoms with van der Waals surface area (Å²) in [5, 5.41) is 3.02. The molecule has 1 aromatic rings. The lowest BCUT2D eigenvalue weighted by molar-refractivity contribution is -0.130. The molecule has 3 rings (SSSR count). The summed E-state index contributed by atoms with van der Waals surface area (Å²) in [4.78, 5) is 25.9. The fourth-order valence-corrected chi connectivity index (χ4v) is 4.54. The maximum Gasteiger partial charge on any atom is 0.220 e. The van der Waals surface area contributed by atoms with E-state index in [1.807, 2.05) is 18.7 Å². The molecule has 1 N–H and O–H groups in total. The molecule has 2 amide bonds. The second kappa shape index (κ2) is 6.58. The van der Waals surface area contributed by atoms with E-state index >= 15 is 0 Å². The third-order valence-corrected chi connectivity index (χ3v) is 5.66. The number of nitrogens with one attached hydrogen (secondary N) is 1. The van der Waals surface area contributed by atoms with Crippen molar-refractivity contribution in [2.45, 2.75) is 63.8 Å². The first-order valence-electron chi connectivity index (χ1n) is 9.05. The maximum atomic E-state index is 12.3. The van der Waals surface area contributed by atoms with Crippen LogP contribution in [0.3, 0.4) is 0 Å². The Balaban J connectivity index is 1.79. The second-order valence-corrected chi connectivity index (χ2v) is 7.70. The van der Waals surface area contributed by atoms with Crippen LogP contribution in [0, 0.1) is 0 Å². The number of hydrogen-bond acceptors (Lipinski definition) is 2. The van der Waals surface area contributed by atoms with Crippen molar-refractivity contribution in [2.24, 2.45) is 0 Å². The van der Waals surface area contributed by atoms with E-state index < -0.39 is 0 Å². The minimum absolute atomic E-state index is 0.142. The van der Waals surface area contributed by atoms with Gasteiger partial charge in [0.15, 0.2) is 0 Å². The first-order valence-corrected chi connectivity index (χ1v) is 9.05. The highest BCUT2D eigenvalue weighted by Gasteiger charge is 2.45. The van der Waals surface area contributed by atoms with Crippen LogP contribution >= 0.6 is 0 Å². The third-order valence-electron chi connectivity index (χ3n) is 5.66. The number of amides is 2. The number of piperidine rings is 1. The average Bonchev–Trinajstić information content (AvgIpc) is 2.81. The molecule has 1 atom stereocenters. The van der Waals surface area contributed by atoms with Crippen molar-refractivity contribution in [1.29, 1.82) is 0 Å². The van der Waals surface area contributed by atoms with Gasteiger partial charge in [-0.05, 0) is 55.6 Å². The zero-order chi connectivity index (χ0) is 17.3. The summed E-state index contributed by atoms with van der Waals surface area (Å²) in [6.45, 7) is 7.31. The molecule has 130 valence electrons. The molecule has 0 saturated carbocycles. The van der Waals surface area contributed by atoms with Crippen LogP contribution < -0.4 is 5.32 Å². The zero-order valence-electron chi connectivity index (χ0n) is 15.0. The Labute approximate surface area is 144 Å². The van der Waals surface area contributed by atoms with Gasteiger partial charge in [0, 0.05) is 32.5 Å². The molecule has 0 aromatic heterocycles. The molecule has 1 aliphatic heterocycles. The van der Waals surface area contributed by atoms with E-state index in [1.165, 1.54) is 11.1 Å². The summed E-state index contributed by atoms with van der Waals surface area (Å²) in [5.41, 5.74) is 2.90. The summed E-state index contributed by atoms with van der Waals surface area (Å²) in [7, 11) is 0. The summed E-state index contributed by atoms with van der Waals surface area (Å²) in [5.74, 6) is 0.607. The number of fused-ring (bicyclic) bond motifs is 2. The van der Waals surface area contributed by atoms with Gasteiger partial charge < -0.3 is 10.2 Å². The van der Waals surface area contributed by atoms with Crippen molar-refractivity contribution >= 4 is 11.8 Å². The Morgan fingerprint density at radius 1 is 1.25 bits per heavy atom. The van der Waals surface area contributed by atoms with E-state index in [1.54, 1.807) is 6.92 Å². The molecule has 4 heteroatoms. The maximum absolute atomic E-state index is 12.3. The van der Waals surface area contributed by atoms with Crippen LogP contribution in [0.15, 0.2) is 24.3 Å². The van der Waals surface area contributed by atoms with Gasteiger partial charge in [0.1, 0.15) is 0 Å². The fourth-order valence-electron chi connectivity index (χ4n) is 4.54. The molecule has 1 aliphatic carbocycles. The number of carbonyl (C=O) groups excluding carboxylic acids is 2. The summed E-state index contributed by atoms with van der Waals surface area (Å²) in [6.07, 6.45) is 3.61. The summed E-state index contributed by atoms with van der Waals surface area (Å²) >= 11 is 0. The van der Waals surface area contributed by atoms with Crippen LogP contribution in [0.2, 0.25) is 0 Å². The Hall–Kier alpha value is -1.84. The topological polar surface area (TPSA) is 49.4 Å². The van der Waals surface area contributed by atoms with Gasteiger partial charge in [-0.25, -0.2) is 0 Å². The lowest BCUT2D eigenvalue weighted by Gasteiger charge is -2.40. The zero-order valence-corrected chi connectivity index (χ0v) is 15.0. The van der Waals surface area contributed by atoms with Crippen LogP contribution in [0.25, 0.3) is 0 Å². The second-order valence-electron chi connectivity index (χ2n) is 7.70. The van der Waals surface area contributed by atoms with E-state index in [4.69, 9.17) is 0 Å². The van der Waals surface area contributed by atoms with Crippen molar-refractivity contribution in [3.8, 4) is 0 Å².